The Balaban J connectivity index is 1.08. The van der Waals surface area contributed by atoms with Gasteiger partial charge in [-0.3, -0.25) is 37.2 Å². The summed E-state index contributed by atoms with van der Waals surface area (Å²) in [6.07, 6.45) is -55.3. The maximum absolute atomic E-state index is 17.0. The average molecular weight is 1000 g/mol. The number of nitrogens with zero attached hydrogens (tertiary/aromatic N) is 1. The summed E-state index contributed by atoms with van der Waals surface area (Å²) in [5, 5.41) is 17.5. The van der Waals surface area contributed by atoms with E-state index in [2.05, 4.69) is 37.2 Å². The molecule has 1 aromatic rings. The molecule has 5 saturated heterocycles. The Morgan fingerprint density at radius 3 is 1.39 bits per heavy atom. The second-order valence-electron chi connectivity index (χ2n) is 19.3. The van der Waals surface area contributed by atoms with Gasteiger partial charge in [0.25, 0.3) is 0 Å². The van der Waals surface area contributed by atoms with Crippen LogP contribution in [-0.4, -0.2) is 159 Å². The summed E-state index contributed by atoms with van der Waals surface area (Å²) in [7, 11) is 0. The van der Waals surface area contributed by atoms with Gasteiger partial charge in [-0.25, -0.2) is 66.3 Å². The van der Waals surface area contributed by atoms with Crippen molar-refractivity contribution in [3.63, 3.8) is 0 Å². The van der Waals surface area contributed by atoms with Crippen LogP contribution >= 0.6 is 11.8 Å². The van der Waals surface area contributed by atoms with E-state index in [-0.39, 0.29) is 22.2 Å². The number of fused-ring (bicyclic) bond motifs is 20. The van der Waals surface area contributed by atoms with Crippen molar-refractivity contribution in [1.29, 1.82) is 0 Å². The van der Waals surface area contributed by atoms with Crippen LogP contribution in [0, 0.1) is 47.3 Å². The third-order valence-electron chi connectivity index (χ3n) is 16.1. The van der Waals surface area contributed by atoms with Gasteiger partial charge in [0.2, 0.25) is 0 Å². The van der Waals surface area contributed by atoms with Crippen molar-refractivity contribution in [2.75, 3.05) is 6.61 Å². The van der Waals surface area contributed by atoms with Crippen LogP contribution in [0.4, 0.5) is 65.9 Å². The molecule has 376 valence electrons. The van der Waals surface area contributed by atoms with E-state index in [1.54, 1.807) is 6.92 Å². The summed E-state index contributed by atoms with van der Waals surface area (Å²) >= 11 is 0.738. The Hall–Kier alpha value is -2.33. The first kappa shape index (κ1) is 48.3. The molecule has 7 N–H and O–H groups in total. The highest BCUT2D eigenvalue weighted by atomic mass is 32.2. The molecule has 4 saturated carbocycles. The van der Waals surface area contributed by atoms with E-state index in [9.17, 15) is 4.79 Å². The molecule has 31 unspecified atom stereocenters. The lowest BCUT2D eigenvalue weighted by Crippen LogP contribution is -2.62. The molecule has 8 bridgehead atoms. The number of benzene rings is 1. The molecule has 1 aromatic carbocycles. The number of ether oxygens (including phenoxy) is 1. The van der Waals surface area contributed by atoms with Gasteiger partial charge in [-0.1, -0.05) is 0 Å². The molecular formula is C41H49F15N8O2S. The highest BCUT2D eigenvalue weighted by Crippen LogP contribution is 2.53. The monoisotopic (exact) mass is 1000 g/mol. The SMILES string of the molecule is CCOC(=O)c1ccc(SC2C(F)C(F)C(F)C3C4NC5NC(NC6C7C(F)C(F)C(F)C(F)C7C(NC7NC(NC(N4)C23)C2CC(F)C(F)C(F)C72)N6F)C2C(F)C(F)C(F)C(F)C52)cc1. The van der Waals surface area contributed by atoms with E-state index in [0.717, 1.165) is 11.8 Å². The van der Waals surface area contributed by atoms with Crippen LogP contribution in [0.15, 0.2) is 29.2 Å². The molecule has 10 nitrogen and oxygen atoms in total. The van der Waals surface area contributed by atoms with Gasteiger partial charge in [-0.05, 0) is 43.5 Å². The van der Waals surface area contributed by atoms with Gasteiger partial charge in [-0.2, -0.15) is 0 Å². The molecular weight excluding hydrogens is 954 g/mol. The highest BCUT2D eigenvalue weighted by molar-refractivity contribution is 8.00. The third-order valence-corrected chi connectivity index (χ3v) is 17.4. The van der Waals surface area contributed by atoms with Crippen molar-refractivity contribution >= 4 is 17.7 Å². The number of thioether (sulfide) groups is 1. The maximum Gasteiger partial charge on any atom is 0.338 e. The fourth-order valence-corrected chi connectivity index (χ4v) is 14.4. The number of carbonyl (C=O) groups is 1. The standard InChI is InChI=1S/C41H49F15N8O2S/c1-2-66-41(65)8-3-5-9(6-4-8)67-32-18-15(23(47)30(54)31(32)55)36-59-35-13-14(22(46)27(51)26(50)21(13)45)37(60-35)63-40-17-16(24(48)28(52)29(53)25(17)49)39(64(40)56)62-34-12-10(7-11(42)19(43)20(12)44)33(57-34)58-38(18)61-36/h3-6,10-40,57-63H,2,7H2,1H3. The summed E-state index contributed by atoms with van der Waals surface area (Å²) in [6, 6.07) is 5.50. The number of hydrogen-bond donors (Lipinski definition) is 7. The summed E-state index contributed by atoms with van der Waals surface area (Å²) in [6.45, 7) is 1.64. The average Bonchev–Trinajstić information content (AvgIpc) is 4.03. The zero-order valence-electron chi connectivity index (χ0n) is 35.0. The predicted molar refractivity (Wildman–Crippen MR) is 208 cm³/mol. The molecule has 31 atom stereocenters. The summed E-state index contributed by atoms with van der Waals surface area (Å²) in [5.41, 5.74) is 0.109. The van der Waals surface area contributed by atoms with E-state index in [0.29, 0.717) is 0 Å². The number of nitrogens with one attached hydrogen (secondary N) is 7. The Morgan fingerprint density at radius 1 is 0.507 bits per heavy atom. The van der Waals surface area contributed by atoms with E-state index >= 15 is 65.9 Å². The van der Waals surface area contributed by atoms with Crippen molar-refractivity contribution in [3.05, 3.63) is 29.8 Å². The van der Waals surface area contributed by atoms with Crippen LogP contribution in [0.5, 0.6) is 0 Å². The second-order valence-corrected chi connectivity index (χ2v) is 20.6. The maximum atomic E-state index is 17.0. The summed E-state index contributed by atoms with van der Waals surface area (Å²) in [4.78, 5) is 12.6. The lowest BCUT2D eigenvalue weighted by Gasteiger charge is -2.44. The first-order valence-corrected chi connectivity index (χ1v) is 23.4. The van der Waals surface area contributed by atoms with Crippen molar-refractivity contribution in [1.82, 2.24) is 42.3 Å². The fraction of sp³-hybridized carbons (Fsp3) is 0.829. The van der Waals surface area contributed by atoms with E-state index in [4.69, 9.17) is 4.74 Å². The summed E-state index contributed by atoms with van der Waals surface area (Å²) in [5.74, 6) is -15.1. The largest absolute Gasteiger partial charge is 0.462 e. The Bertz CT molecular complexity index is 1970. The molecule has 9 aliphatic rings. The van der Waals surface area contributed by atoms with Gasteiger partial charge in [0.1, 0.15) is 49.4 Å². The number of esters is 1. The fourth-order valence-electron chi connectivity index (χ4n) is 13.0. The minimum absolute atomic E-state index is 0.0535. The number of alkyl halides is 14. The van der Waals surface area contributed by atoms with Crippen LogP contribution in [0.25, 0.3) is 0 Å². The van der Waals surface area contributed by atoms with E-state index < -0.39 is 201 Å². The number of hydrogen-bond acceptors (Lipinski definition) is 11. The van der Waals surface area contributed by atoms with Crippen LogP contribution < -0.4 is 37.2 Å². The van der Waals surface area contributed by atoms with Crippen molar-refractivity contribution in [2.24, 2.45) is 47.3 Å². The number of rotatable bonds is 4. The van der Waals surface area contributed by atoms with E-state index in [1.165, 1.54) is 24.3 Å². The topological polar surface area (TPSA) is 114 Å². The molecule has 0 spiro atoms. The van der Waals surface area contributed by atoms with Gasteiger partial charge >= 0.3 is 5.97 Å². The molecule has 0 amide bonds. The first-order chi connectivity index (χ1) is 31.8. The first-order valence-electron chi connectivity index (χ1n) is 22.5. The van der Waals surface area contributed by atoms with Crippen molar-refractivity contribution in [3.8, 4) is 0 Å². The third kappa shape index (κ3) is 7.59. The lowest BCUT2D eigenvalue weighted by molar-refractivity contribution is -0.0975. The van der Waals surface area contributed by atoms with Gasteiger partial charge in [0, 0.05) is 51.6 Å². The van der Waals surface area contributed by atoms with Crippen LogP contribution in [-0.2, 0) is 4.74 Å². The zero-order valence-corrected chi connectivity index (χ0v) is 35.8. The highest BCUT2D eigenvalue weighted by Gasteiger charge is 2.69. The Labute approximate surface area is 378 Å². The molecule has 0 radical (unpaired) electrons. The molecule has 9 fully saturated rings. The van der Waals surface area contributed by atoms with Crippen molar-refractivity contribution < 1.29 is 75.5 Å². The smallest absolute Gasteiger partial charge is 0.338 e. The minimum Gasteiger partial charge on any atom is -0.462 e. The number of carbonyl (C=O) groups excluding carboxylic acids is 1. The Morgan fingerprint density at radius 2 is 0.896 bits per heavy atom. The molecule has 10 rings (SSSR count). The number of halogens is 15. The van der Waals surface area contributed by atoms with Gasteiger partial charge in [0.05, 0.1) is 61.5 Å². The molecule has 67 heavy (non-hydrogen) atoms. The quantitative estimate of drug-likeness (QED) is 0.132. The van der Waals surface area contributed by atoms with Crippen LogP contribution in [0.2, 0.25) is 0 Å². The lowest BCUT2D eigenvalue weighted by atomic mass is 9.72. The van der Waals surface area contributed by atoms with Crippen LogP contribution in [0.3, 0.4) is 0 Å². The van der Waals surface area contributed by atoms with Gasteiger partial charge in [0.15, 0.2) is 37.0 Å². The van der Waals surface area contributed by atoms with E-state index in [1.807, 2.05) is 0 Å². The predicted octanol–water partition coefficient (Wildman–Crippen LogP) is 4.42. The van der Waals surface area contributed by atoms with Gasteiger partial charge in [-0.15, -0.1) is 21.4 Å². The molecule has 5 aliphatic heterocycles. The second kappa shape index (κ2) is 18.1. The van der Waals surface area contributed by atoms with Gasteiger partial charge < -0.3 is 4.74 Å². The minimum atomic E-state index is -3.18. The zero-order chi connectivity index (χ0) is 47.8. The molecule has 0 aromatic heterocycles. The Kier molecular flexibility index (Phi) is 13.0. The van der Waals surface area contributed by atoms with Crippen molar-refractivity contribution in [2.45, 2.75) is 159 Å². The normalized spacial score (nSPS) is 56.1. The molecule has 26 heteroatoms. The molecule has 5 heterocycles. The summed E-state index contributed by atoms with van der Waals surface area (Å²) < 4.78 is 244. The molecule has 4 aliphatic carbocycles. The van der Waals surface area contributed by atoms with Crippen LogP contribution in [0.1, 0.15) is 23.7 Å².